The molecule has 0 saturated carbocycles. The van der Waals surface area contributed by atoms with Crippen molar-refractivity contribution in [2.75, 3.05) is 18.4 Å². The standard InChI is InChI=1S/C14H16ClN3O/c1-10-4-6-18(7-5-10)14(19)17-13-8-11(9-16)2-3-12(13)15/h2-3,8,10H,4-7H2,1H3,(H,17,19). The first kappa shape index (κ1) is 13.7. The lowest BCUT2D eigenvalue weighted by Crippen LogP contribution is -2.40. The van der Waals surface area contributed by atoms with Crippen molar-refractivity contribution >= 4 is 23.3 Å². The van der Waals surface area contributed by atoms with Gasteiger partial charge in [0.25, 0.3) is 0 Å². The van der Waals surface area contributed by atoms with E-state index in [1.54, 1.807) is 23.1 Å². The minimum atomic E-state index is -0.149. The summed E-state index contributed by atoms with van der Waals surface area (Å²) in [6.45, 7) is 3.73. The maximum absolute atomic E-state index is 12.1. The van der Waals surface area contributed by atoms with Crippen LogP contribution in [0.25, 0.3) is 0 Å². The first-order valence-corrected chi connectivity index (χ1v) is 6.73. The van der Waals surface area contributed by atoms with Crippen molar-refractivity contribution in [2.45, 2.75) is 19.8 Å². The number of urea groups is 1. The molecule has 1 heterocycles. The summed E-state index contributed by atoms with van der Waals surface area (Å²) in [6.07, 6.45) is 2.05. The number of carbonyl (C=O) groups is 1. The Morgan fingerprint density at radius 3 is 2.79 bits per heavy atom. The molecule has 19 heavy (non-hydrogen) atoms. The van der Waals surface area contributed by atoms with Gasteiger partial charge in [-0.25, -0.2) is 4.79 Å². The highest BCUT2D eigenvalue weighted by atomic mass is 35.5. The maximum Gasteiger partial charge on any atom is 0.321 e. The zero-order valence-electron chi connectivity index (χ0n) is 10.8. The van der Waals surface area contributed by atoms with Crippen LogP contribution in [0.1, 0.15) is 25.3 Å². The van der Waals surface area contributed by atoms with Gasteiger partial charge in [-0.2, -0.15) is 5.26 Å². The highest BCUT2D eigenvalue weighted by molar-refractivity contribution is 6.33. The van der Waals surface area contributed by atoms with Crippen LogP contribution in [0.4, 0.5) is 10.5 Å². The first-order chi connectivity index (χ1) is 9.10. The van der Waals surface area contributed by atoms with Crippen molar-refractivity contribution in [1.82, 2.24) is 4.90 Å². The molecule has 0 aromatic heterocycles. The number of nitrogens with one attached hydrogen (secondary N) is 1. The minimum Gasteiger partial charge on any atom is -0.325 e. The van der Waals surface area contributed by atoms with E-state index in [-0.39, 0.29) is 6.03 Å². The van der Waals surface area contributed by atoms with Crippen LogP contribution in [0.15, 0.2) is 18.2 Å². The van der Waals surface area contributed by atoms with Crippen molar-refractivity contribution in [1.29, 1.82) is 5.26 Å². The van der Waals surface area contributed by atoms with Crippen molar-refractivity contribution in [3.05, 3.63) is 28.8 Å². The third kappa shape index (κ3) is 3.39. The molecule has 0 unspecified atom stereocenters. The van der Waals surface area contributed by atoms with Crippen molar-refractivity contribution in [3.8, 4) is 6.07 Å². The Morgan fingerprint density at radius 2 is 2.16 bits per heavy atom. The molecule has 0 bridgehead atoms. The SMILES string of the molecule is CC1CCN(C(=O)Nc2cc(C#N)ccc2Cl)CC1. The van der Waals surface area contributed by atoms with Gasteiger partial charge in [-0.05, 0) is 37.0 Å². The van der Waals surface area contributed by atoms with Gasteiger partial charge in [0.1, 0.15) is 0 Å². The smallest absolute Gasteiger partial charge is 0.321 e. The summed E-state index contributed by atoms with van der Waals surface area (Å²) in [4.78, 5) is 13.9. The lowest BCUT2D eigenvalue weighted by molar-refractivity contribution is 0.186. The molecule has 1 N–H and O–H groups in total. The molecule has 2 rings (SSSR count). The van der Waals surface area contributed by atoms with Gasteiger partial charge in [0.15, 0.2) is 0 Å². The summed E-state index contributed by atoms with van der Waals surface area (Å²) >= 11 is 6.02. The summed E-state index contributed by atoms with van der Waals surface area (Å²) < 4.78 is 0. The molecule has 0 aliphatic carbocycles. The monoisotopic (exact) mass is 277 g/mol. The quantitative estimate of drug-likeness (QED) is 0.854. The second-order valence-electron chi connectivity index (χ2n) is 4.91. The van der Waals surface area contributed by atoms with Crippen LogP contribution in [0, 0.1) is 17.2 Å². The number of amides is 2. The second kappa shape index (κ2) is 5.94. The lowest BCUT2D eigenvalue weighted by Gasteiger charge is -2.30. The fraction of sp³-hybridized carbons (Fsp3) is 0.429. The summed E-state index contributed by atoms with van der Waals surface area (Å²) in [5.41, 5.74) is 0.969. The topological polar surface area (TPSA) is 56.1 Å². The van der Waals surface area contributed by atoms with E-state index in [1.807, 2.05) is 6.07 Å². The molecule has 100 valence electrons. The molecule has 2 amide bonds. The predicted octanol–water partition coefficient (Wildman–Crippen LogP) is 3.48. The number of hydrogen-bond acceptors (Lipinski definition) is 2. The van der Waals surface area contributed by atoms with E-state index >= 15 is 0 Å². The van der Waals surface area contributed by atoms with E-state index in [4.69, 9.17) is 16.9 Å². The van der Waals surface area contributed by atoms with E-state index in [1.165, 1.54) is 0 Å². The van der Waals surface area contributed by atoms with Gasteiger partial charge in [-0.3, -0.25) is 0 Å². The van der Waals surface area contributed by atoms with E-state index in [2.05, 4.69) is 12.2 Å². The number of benzene rings is 1. The number of hydrogen-bond donors (Lipinski definition) is 1. The van der Waals surface area contributed by atoms with Crippen LogP contribution in [0.5, 0.6) is 0 Å². The third-order valence-electron chi connectivity index (χ3n) is 3.41. The van der Waals surface area contributed by atoms with Crippen LogP contribution in [-0.4, -0.2) is 24.0 Å². The maximum atomic E-state index is 12.1. The summed E-state index contributed by atoms with van der Waals surface area (Å²) in [5, 5.41) is 12.1. The van der Waals surface area contributed by atoms with Crippen LogP contribution in [0.2, 0.25) is 5.02 Å². The zero-order valence-corrected chi connectivity index (χ0v) is 11.6. The second-order valence-corrected chi connectivity index (χ2v) is 5.31. The predicted molar refractivity (Wildman–Crippen MR) is 75.2 cm³/mol. The van der Waals surface area contributed by atoms with Gasteiger partial charge in [0, 0.05) is 13.1 Å². The van der Waals surface area contributed by atoms with Gasteiger partial charge in [-0.15, -0.1) is 0 Å². The normalized spacial score (nSPS) is 15.9. The third-order valence-corrected chi connectivity index (χ3v) is 3.74. The lowest BCUT2D eigenvalue weighted by atomic mass is 10.00. The van der Waals surface area contributed by atoms with Crippen molar-refractivity contribution in [3.63, 3.8) is 0 Å². The molecule has 4 nitrogen and oxygen atoms in total. The molecule has 1 aromatic rings. The fourth-order valence-electron chi connectivity index (χ4n) is 2.10. The Kier molecular flexibility index (Phi) is 4.28. The van der Waals surface area contributed by atoms with Crippen LogP contribution >= 0.6 is 11.6 Å². The molecule has 1 aromatic carbocycles. The molecule has 0 radical (unpaired) electrons. The summed E-state index contributed by atoms with van der Waals surface area (Å²) in [7, 11) is 0. The van der Waals surface area contributed by atoms with Crippen molar-refractivity contribution < 1.29 is 4.79 Å². The summed E-state index contributed by atoms with van der Waals surface area (Å²) in [6, 6.07) is 6.72. The molecular weight excluding hydrogens is 262 g/mol. The van der Waals surface area contributed by atoms with Crippen LogP contribution < -0.4 is 5.32 Å². The Labute approximate surface area is 118 Å². The Bertz CT molecular complexity index is 516. The van der Waals surface area contributed by atoms with E-state index < -0.39 is 0 Å². The number of anilines is 1. The number of nitriles is 1. The highest BCUT2D eigenvalue weighted by Crippen LogP contribution is 2.24. The van der Waals surface area contributed by atoms with E-state index in [9.17, 15) is 4.79 Å². The number of piperidine rings is 1. The molecule has 0 atom stereocenters. The van der Waals surface area contributed by atoms with Gasteiger partial charge < -0.3 is 10.2 Å². The van der Waals surface area contributed by atoms with Gasteiger partial charge in [0.2, 0.25) is 0 Å². The van der Waals surface area contributed by atoms with Gasteiger partial charge >= 0.3 is 6.03 Å². The molecule has 1 aliphatic heterocycles. The zero-order chi connectivity index (χ0) is 13.8. The molecule has 0 spiro atoms. The molecule has 1 fully saturated rings. The van der Waals surface area contributed by atoms with Crippen LogP contribution in [0.3, 0.4) is 0 Å². The molecular formula is C14H16ClN3O. The largest absolute Gasteiger partial charge is 0.325 e. The Balaban J connectivity index is 2.05. The van der Waals surface area contributed by atoms with Gasteiger partial charge in [0.05, 0.1) is 22.3 Å². The molecule has 1 aliphatic rings. The van der Waals surface area contributed by atoms with Crippen LogP contribution in [-0.2, 0) is 0 Å². The average molecular weight is 278 g/mol. The molecule has 5 heteroatoms. The van der Waals surface area contributed by atoms with E-state index in [0.29, 0.717) is 22.2 Å². The number of carbonyl (C=O) groups excluding carboxylic acids is 1. The Hall–Kier alpha value is -1.73. The van der Waals surface area contributed by atoms with Gasteiger partial charge in [-0.1, -0.05) is 18.5 Å². The molecule has 1 saturated heterocycles. The average Bonchev–Trinajstić information content (AvgIpc) is 2.42. The van der Waals surface area contributed by atoms with E-state index in [0.717, 1.165) is 25.9 Å². The Morgan fingerprint density at radius 1 is 1.47 bits per heavy atom. The van der Waals surface area contributed by atoms with Crippen molar-refractivity contribution in [2.24, 2.45) is 5.92 Å². The number of halogens is 1. The number of likely N-dealkylation sites (tertiary alicyclic amines) is 1. The summed E-state index contributed by atoms with van der Waals surface area (Å²) in [5.74, 6) is 0.676. The minimum absolute atomic E-state index is 0.149. The number of nitrogens with zero attached hydrogens (tertiary/aromatic N) is 2. The number of rotatable bonds is 1. The first-order valence-electron chi connectivity index (χ1n) is 6.35. The highest BCUT2D eigenvalue weighted by Gasteiger charge is 2.20. The fourth-order valence-corrected chi connectivity index (χ4v) is 2.26.